The summed E-state index contributed by atoms with van der Waals surface area (Å²) in [6.07, 6.45) is 15.3. The van der Waals surface area contributed by atoms with Crippen molar-refractivity contribution in [3.05, 3.63) is 36.0 Å². The number of allylic oxidation sites excluding steroid dienone is 6. The van der Waals surface area contributed by atoms with Crippen molar-refractivity contribution in [3.8, 4) is 0 Å². The zero-order valence-corrected chi connectivity index (χ0v) is 13.1. The highest BCUT2D eigenvalue weighted by Crippen LogP contribution is 2.34. The van der Waals surface area contributed by atoms with Gasteiger partial charge in [0.2, 0.25) is 0 Å². The Morgan fingerprint density at radius 2 is 1.83 bits per heavy atom. The third kappa shape index (κ3) is 4.48. The molecule has 0 saturated carbocycles. The summed E-state index contributed by atoms with van der Waals surface area (Å²) in [7, 11) is 0. The number of rotatable bonds is 4. The molecular formula is C18H30. The van der Waals surface area contributed by atoms with Gasteiger partial charge >= 0.3 is 0 Å². The molecule has 0 radical (unpaired) electrons. The first-order valence-electron chi connectivity index (χ1n) is 7.38. The van der Waals surface area contributed by atoms with Crippen molar-refractivity contribution in [3.63, 3.8) is 0 Å². The molecule has 0 heterocycles. The highest BCUT2D eigenvalue weighted by atomic mass is 14.3. The molecule has 1 aliphatic rings. The van der Waals surface area contributed by atoms with Gasteiger partial charge in [-0.25, -0.2) is 0 Å². The normalized spacial score (nSPS) is 25.8. The molecule has 0 bridgehead atoms. The Hall–Kier alpha value is -0.780. The van der Waals surface area contributed by atoms with E-state index < -0.39 is 0 Å². The Balaban J connectivity index is 2.87. The van der Waals surface area contributed by atoms with Crippen LogP contribution in [-0.4, -0.2) is 0 Å². The molecule has 0 saturated heterocycles. The van der Waals surface area contributed by atoms with E-state index >= 15 is 0 Å². The third-order valence-electron chi connectivity index (χ3n) is 4.01. The van der Waals surface area contributed by atoms with Crippen molar-refractivity contribution >= 4 is 0 Å². The van der Waals surface area contributed by atoms with Gasteiger partial charge in [0.05, 0.1) is 0 Å². The van der Waals surface area contributed by atoms with E-state index in [2.05, 4.69) is 71.9 Å². The van der Waals surface area contributed by atoms with Crippen LogP contribution in [-0.2, 0) is 0 Å². The topological polar surface area (TPSA) is 0 Å². The standard InChI is InChI=1S/C18H30/c1-7-15(14-17(3,4)5)16-10-9-12-18(6,8-2)13-11-16/h9-13,15H,7-8,14H2,1-6H3. The first kappa shape index (κ1) is 15.3. The van der Waals surface area contributed by atoms with Crippen LogP contribution < -0.4 is 0 Å². The van der Waals surface area contributed by atoms with Crippen molar-refractivity contribution in [1.29, 1.82) is 0 Å². The van der Waals surface area contributed by atoms with Gasteiger partial charge in [0.1, 0.15) is 0 Å². The lowest BCUT2D eigenvalue weighted by atomic mass is 9.79. The highest BCUT2D eigenvalue weighted by molar-refractivity contribution is 5.33. The summed E-state index contributed by atoms with van der Waals surface area (Å²) in [5.41, 5.74) is 2.14. The van der Waals surface area contributed by atoms with Gasteiger partial charge in [-0.05, 0) is 36.2 Å². The van der Waals surface area contributed by atoms with Crippen molar-refractivity contribution in [2.45, 2.75) is 60.8 Å². The first-order valence-corrected chi connectivity index (χ1v) is 7.38. The Bertz CT molecular complexity index is 349. The summed E-state index contributed by atoms with van der Waals surface area (Å²) in [6, 6.07) is 0. The number of hydrogen-bond donors (Lipinski definition) is 0. The SMILES string of the molecule is CCC(CC(C)(C)C)C1=CC=CC(C)(CC)C=C1. The fourth-order valence-corrected chi connectivity index (χ4v) is 2.52. The minimum absolute atomic E-state index is 0.234. The van der Waals surface area contributed by atoms with Crippen LogP contribution in [0.25, 0.3) is 0 Å². The van der Waals surface area contributed by atoms with Crippen LogP contribution in [0.3, 0.4) is 0 Å². The zero-order chi connectivity index (χ0) is 13.8. The fourth-order valence-electron chi connectivity index (χ4n) is 2.52. The number of hydrogen-bond acceptors (Lipinski definition) is 0. The van der Waals surface area contributed by atoms with Crippen LogP contribution in [0.4, 0.5) is 0 Å². The molecule has 0 nitrogen and oxygen atoms in total. The molecule has 0 spiro atoms. The monoisotopic (exact) mass is 246 g/mol. The zero-order valence-electron chi connectivity index (χ0n) is 13.1. The van der Waals surface area contributed by atoms with Crippen molar-refractivity contribution in [2.75, 3.05) is 0 Å². The third-order valence-corrected chi connectivity index (χ3v) is 4.01. The van der Waals surface area contributed by atoms with Crippen molar-refractivity contribution in [1.82, 2.24) is 0 Å². The molecular weight excluding hydrogens is 216 g/mol. The van der Waals surface area contributed by atoms with Crippen LogP contribution in [0.15, 0.2) is 36.0 Å². The molecule has 2 atom stereocenters. The van der Waals surface area contributed by atoms with Crippen LogP contribution in [0.5, 0.6) is 0 Å². The average molecular weight is 246 g/mol. The molecule has 0 N–H and O–H groups in total. The highest BCUT2D eigenvalue weighted by Gasteiger charge is 2.21. The molecule has 1 aliphatic carbocycles. The largest absolute Gasteiger partial charge is 0.0748 e. The molecule has 102 valence electrons. The van der Waals surface area contributed by atoms with E-state index in [0.717, 1.165) is 6.42 Å². The van der Waals surface area contributed by atoms with E-state index in [1.807, 2.05) is 0 Å². The molecule has 2 unspecified atom stereocenters. The van der Waals surface area contributed by atoms with Crippen LogP contribution >= 0.6 is 0 Å². The Morgan fingerprint density at radius 1 is 1.17 bits per heavy atom. The van der Waals surface area contributed by atoms with Gasteiger partial charge in [-0.1, -0.05) is 71.9 Å². The van der Waals surface area contributed by atoms with E-state index in [0.29, 0.717) is 11.3 Å². The van der Waals surface area contributed by atoms with E-state index in [1.165, 1.54) is 18.4 Å². The quantitative estimate of drug-likeness (QED) is 0.578. The molecule has 0 aromatic rings. The van der Waals surface area contributed by atoms with Gasteiger partial charge in [-0.3, -0.25) is 0 Å². The molecule has 0 aromatic heterocycles. The van der Waals surface area contributed by atoms with Gasteiger partial charge in [0, 0.05) is 5.41 Å². The van der Waals surface area contributed by atoms with E-state index in [-0.39, 0.29) is 5.41 Å². The summed E-state index contributed by atoms with van der Waals surface area (Å²) in [4.78, 5) is 0. The van der Waals surface area contributed by atoms with E-state index in [4.69, 9.17) is 0 Å². The second-order valence-electron chi connectivity index (χ2n) is 7.09. The smallest absolute Gasteiger partial charge is 0.00364 e. The molecule has 0 amide bonds. The molecule has 0 aliphatic heterocycles. The Morgan fingerprint density at radius 3 is 2.33 bits per heavy atom. The summed E-state index contributed by atoms with van der Waals surface area (Å²) in [5.74, 6) is 0.685. The van der Waals surface area contributed by atoms with Crippen LogP contribution in [0.1, 0.15) is 60.8 Å². The second-order valence-corrected chi connectivity index (χ2v) is 7.09. The summed E-state index contributed by atoms with van der Waals surface area (Å²) < 4.78 is 0. The van der Waals surface area contributed by atoms with E-state index in [1.54, 1.807) is 0 Å². The predicted molar refractivity (Wildman–Crippen MR) is 82.6 cm³/mol. The summed E-state index contributed by atoms with van der Waals surface area (Å²) >= 11 is 0. The summed E-state index contributed by atoms with van der Waals surface area (Å²) in [5, 5.41) is 0. The first-order chi connectivity index (χ1) is 8.29. The van der Waals surface area contributed by atoms with Crippen LogP contribution in [0.2, 0.25) is 0 Å². The minimum Gasteiger partial charge on any atom is -0.0748 e. The maximum Gasteiger partial charge on any atom is 0.00364 e. The maximum absolute atomic E-state index is 2.38. The van der Waals surface area contributed by atoms with Gasteiger partial charge in [0.15, 0.2) is 0 Å². The fraction of sp³-hybridized carbons (Fsp3) is 0.667. The van der Waals surface area contributed by atoms with Gasteiger partial charge in [0.25, 0.3) is 0 Å². The molecule has 0 aromatic carbocycles. The van der Waals surface area contributed by atoms with Crippen molar-refractivity contribution in [2.24, 2.45) is 16.7 Å². The average Bonchev–Trinajstić information content (AvgIpc) is 2.48. The van der Waals surface area contributed by atoms with Gasteiger partial charge in [-0.15, -0.1) is 0 Å². The van der Waals surface area contributed by atoms with Crippen molar-refractivity contribution < 1.29 is 0 Å². The summed E-state index contributed by atoms with van der Waals surface area (Å²) in [6.45, 7) is 13.9. The van der Waals surface area contributed by atoms with Gasteiger partial charge < -0.3 is 0 Å². The molecule has 1 rings (SSSR count). The Labute approximate surface area is 114 Å². The van der Waals surface area contributed by atoms with Crippen LogP contribution in [0, 0.1) is 16.7 Å². The Kier molecular flexibility index (Phi) is 5.01. The lowest BCUT2D eigenvalue weighted by Gasteiger charge is -2.26. The lowest BCUT2D eigenvalue weighted by molar-refractivity contribution is 0.315. The molecule has 0 heteroatoms. The van der Waals surface area contributed by atoms with E-state index in [9.17, 15) is 0 Å². The lowest BCUT2D eigenvalue weighted by Crippen LogP contribution is -2.14. The molecule has 18 heavy (non-hydrogen) atoms. The minimum atomic E-state index is 0.234. The maximum atomic E-state index is 2.38. The predicted octanol–water partition coefficient (Wildman–Crippen LogP) is 5.92. The second kappa shape index (κ2) is 5.91. The molecule has 0 fully saturated rings. The van der Waals surface area contributed by atoms with Gasteiger partial charge in [-0.2, -0.15) is 0 Å².